The van der Waals surface area contributed by atoms with Gasteiger partial charge in [0.2, 0.25) is 0 Å². The van der Waals surface area contributed by atoms with Crippen LogP contribution >= 0.6 is 12.2 Å². The van der Waals surface area contributed by atoms with Gasteiger partial charge in [0.05, 0.1) is 4.92 Å². The third kappa shape index (κ3) is 3.13. The summed E-state index contributed by atoms with van der Waals surface area (Å²) in [4.78, 5) is 13.0. The molecule has 1 N–H and O–H groups in total. The Morgan fingerprint density at radius 2 is 1.84 bits per heavy atom. The predicted molar refractivity (Wildman–Crippen MR) is 105 cm³/mol. The van der Waals surface area contributed by atoms with Crippen molar-refractivity contribution in [3.8, 4) is 0 Å². The van der Waals surface area contributed by atoms with Crippen molar-refractivity contribution in [1.29, 1.82) is 0 Å². The number of hydrogen-bond acceptors (Lipinski definition) is 4. The molecule has 25 heavy (non-hydrogen) atoms. The Balaban J connectivity index is 1.83. The molecule has 0 saturated heterocycles. The molecule has 3 rings (SSSR count). The van der Waals surface area contributed by atoms with E-state index >= 15 is 0 Å². The number of rotatable bonds is 3. The Morgan fingerprint density at radius 3 is 2.44 bits per heavy atom. The molecule has 6 heteroatoms. The Kier molecular flexibility index (Phi) is 4.30. The first-order valence-electron chi connectivity index (χ1n) is 7.91. The normalized spacial score (nSPS) is 16.6. The summed E-state index contributed by atoms with van der Waals surface area (Å²) in [5, 5.41) is 13.9. The summed E-state index contributed by atoms with van der Waals surface area (Å²) in [7, 11) is 2.04. The first-order valence-corrected chi connectivity index (χ1v) is 8.32. The molecule has 0 amide bonds. The molecule has 0 atom stereocenters. The van der Waals surface area contributed by atoms with Crippen molar-refractivity contribution in [3.63, 3.8) is 0 Å². The van der Waals surface area contributed by atoms with Gasteiger partial charge in [0.1, 0.15) is 4.99 Å². The molecule has 0 unspecified atom stereocenters. The smallest absolute Gasteiger partial charge is 0.269 e. The number of non-ortho nitro benzene ring substituents is 1. The van der Waals surface area contributed by atoms with Crippen molar-refractivity contribution in [2.24, 2.45) is 0 Å². The molecule has 128 valence electrons. The van der Waals surface area contributed by atoms with E-state index in [1.807, 2.05) is 25.3 Å². The third-order valence-corrected chi connectivity index (χ3v) is 4.77. The van der Waals surface area contributed by atoms with Crippen molar-refractivity contribution in [1.82, 2.24) is 0 Å². The fourth-order valence-electron chi connectivity index (χ4n) is 3.23. The summed E-state index contributed by atoms with van der Waals surface area (Å²) < 4.78 is 0. The Labute approximate surface area is 152 Å². The minimum atomic E-state index is -0.419. The fraction of sp³-hybridized carbons (Fsp3) is 0.211. The molecule has 0 bridgehead atoms. The Hall–Kier alpha value is -2.73. The standard InChI is InChI=1S/C19H19N3O2S/c1-19(2)15-6-4-5-7-16(15)21(3)17(19)12-18(25)20-13-8-10-14(11-9-13)22(23)24/h4-12H,1-3H3,(H,20,25). The maximum atomic E-state index is 10.7. The van der Waals surface area contributed by atoms with Crippen LogP contribution in [0.5, 0.6) is 0 Å². The van der Waals surface area contributed by atoms with E-state index < -0.39 is 4.92 Å². The average molecular weight is 353 g/mol. The van der Waals surface area contributed by atoms with Crippen LogP contribution in [0.3, 0.4) is 0 Å². The largest absolute Gasteiger partial charge is 0.347 e. The van der Waals surface area contributed by atoms with Crippen molar-refractivity contribution >= 4 is 34.3 Å². The van der Waals surface area contributed by atoms with E-state index in [1.165, 1.54) is 23.4 Å². The van der Waals surface area contributed by atoms with Crippen molar-refractivity contribution < 1.29 is 4.92 Å². The highest BCUT2D eigenvalue weighted by atomic mass is 32.1. The maximum Gasteiger partial charge on any atom is 0.269 e. The fourth-order valence-corrected chi connectivity index (χ4v) is 3.46. The highest BCUT2D eigenvalue weighted by Crippen LogP contribution is 2.46. The third-order valence-electron chi connectivity index (χ3n) is 4.55. The van der Waals surface area contributed by atoms with E-state index in [0.717, 1.165) is 11.4 Å². The van der Waals surface area contributed by atoms with Gasteiger partial charge in [0, 0.05) is 41.7 Å². The number of benzene rings is 2. The zero-order chi connectivity index (χ0) is 18.2. The quantitative estimate of drug-likeness (QED) is 0.377. The van der Waals surface area contributed by atoms with E-state index in [1.54, 1.807) is 12.1 Å². The zero-order valence-electron chi connectivity index (χ0n) is 14.3. The molecule has 1 heterocycles. The SMILES string of the molecule is CN1C(=CC(=S)Nc2ccc([N+](=O)[O-])cc2)C(C)(C)c2ccccc21. The number of allylic oxidation sites excluding steroid dienone is 1. The van der Waals surface area contributed by atoms with Gasteiger partial charge in [-0.2, -0.15) is 0 Å². The average Bonchev–Trinajstić information content (AvgIpc) is 2.77. The van der Waals surface area contributed by atoms with E-state index in [9.17, 15) is 10.1 Å². The van der Waals surface area contributed by atoms with Gasteiger partial charge < -0.3 is 10.2 Å². The molecular weight excluding hydrogens is 334 g/mol. The molecule has 0 fully saturated rings. The van der Waals surface area contributed by atoms with Crippen LogP contribution in [0.4, 0.5) is 17.1 Å². The highest BCUT2D eigenvalue weighted by Gasteiger charge is 2.38. The van der Waals surface area contributed by atoms with Gasteiger partial charge in [-0.25, -0.2) is 0 Å². The molecular formula is C19H19N3O2S. The number of likely N-dealkylation sites (N-methyl/N-ethyl adjacent to an activating group) is 1. The number of para-hydroxylation sites is 1. The lowest BCUT2D eigenvalue weighted by atomic mass is 9.84. The first-order chi connectivity index (χ1) is 11.8. The predicted octanol–water partition coefficient (Wildman–Crippen LogP) is 4.65. The maximum absolute atomic E-state index is 10.7. The lowest BCUT2D eigenvalue weighted by Gasteiger charge is -2.24. The van der Waals surface area contributed by atoms with Gasteiger partial charge in [-0.1, -0.05) is 44.3 Å². The van der Waals surface area contributed by atoms with Crippen LogP contribution in [-0.2, 0) is 5.41 Å². The molecule has 2 aromatic carbocycles. The van der Waals surface area contributed by atoms with Crippen LogP contribution in [-0.4, -0.2) is 17.0 Å². The molecule has 0 saturated carbocycles. The molecule has 0 radical (unpaired) electrons. The zero-order valence-corrected chi connectivity index (χ0v) is 15.1. The monoisotopic (exact) mass is 353 g/mol. The number of anilines is 2. The van der Waals surface area contributed by atoms with Gasteiger partial charge >= 0.3 is 0 Å². The van der Waals surface area contributed by atoms with E-state index in [0.29, 0.717) is 4.99 Å². The number of nitro benzene ring substituents is 1. The highest BCUT2D eigenvalue weighted by molar-refractivity contribution is 7.81. The summed E-state index contributed by atoms with van der Waals surface area (Å²) in [5.41, 5.74) is 4.18. The van der Waals surface area contributed by atoms with E-state index in [4.69, 9.17) is 12.2 Å². The molecule has 0 aromatic heterocycles. The first kappa shape index (κ1) is 17.1. The second-order valence-electron chi connectivity index (χ2n) is 6.52. The van der Waals surface area contributed by atoms with Gasteiger partial charge in [-0.15, -0.1) is 0 Å². The summed E-state index contributed by atoms with van der Waals surface area (Å²) in [6.07, 6.45) is 1.96. The molecule has 0 spiro atoms. The van der Waals surface area contributed by atoms with Crippen molar-refractivity contribution in [3.05, 3.63) is 76.0 Å². The van der Waals surface area contributed by atoms with Crippen molar-refractivity contribution in [2.45, 2.75) is 19.3 Å². The second kappa shape index (κ2) is 6.29. The Morgan fingerprint density at radius 1 is 1.20 bits per heavy atom. The molecule has 1 aliphatic heterocycles. The summed E-state index contributed by atoms with van der Waals surface area (Å²) in [5.74, 6) is 0. The number of hydrogen-bond donors (Lipinski definition) is 1. The van der Waals surface area contributed by atoms with Crippen LogP contribution in [0.25, 0.3) is 0 Å². The Bertz CT molecular complexity index is 872. The summed E-state index contributed by atoms with van der Waals surface area (Å²) >= 11 is 5.48. The number of nitro groups is 1. The second-order valence-corrected chi connectivity index (χ2v) is 6.96. The van der Waals surface area contributed by atoms with Crippen LogP contribution in [0.1, 0.15) is 19.4 Å². The number of nitrogens with one attached hydrogen (secondary N) is 1. The van der Waals surface area contributed by atoms with Gasteiger partial charge in [-0.3, -0.25) is 10.1 Å². The molecule has 5 nitrogen and oxygen atoms in total. The molecule has 0 aliphatic carbocycles. The van der Waals surface area contributed by atoms with Crippen LogP contribution in [0, 0.1) is 10.1 Å². The molecule has 1 aliphatic rings. The minimum absolute atomic E-state index is 0.0573. The number of thiocarbonyl (C=S) groups is 1. The van der Waals surface area contributed by atoms with Gasteiger partial charge in [-0.05, 0) is 29.8 Å². The van der Waals surface area contributed by atoms with E-state index in [2.05, 4.69) is 36.2 Å². The summed E-state index contributed by atoms with van der Waals surface area (Å²) in [6, 6.07) is 14.5. The lowest BCUT2D eigenvalue weighted by molar-refractivity contribution is -0.384. The number of fused-ring (bicyclic) bond motifs is 1. The molecule has 2 aromatic rings. The lowest BCUT2D eigenvalue weighted by Crippen LogP contribution is -2.24. The minimum Gasteiger partial charge on any atom is -0.347 e. The van der Waals surface area contributed by atoms with Crippen LogP contribution in [0.2, 0.25) is 0 Å². The van der Waals surface area contributed by atoms with Crippen molar-refractivity contribution in [2.75, 3.05) is 17.3 Å². The number of nitrogens with zero attached hydrogens (tertiary/aromatic N) is 2. The van der Waals surface area contributed by atoms with Gasteiger partial charge in [0.15, 0.2) is 0 Å². The van der Waals surface area contributed by atoms with E-state index in [-0.39, 0.29) is 11.1 Å². The summed E-state index contributed by atoms with van der Waals surface area (Å²) in [6.45, 7) is 4.35. The van der Waals surface area contributed by atoms with Crippen LogP contribution in [0.15, 0.2) is 60.3 Å². The van der Waals surface area contributed by atoms with Crippen LogP contribution < -0.4 is 10.2 Å². The topological polar surface area (TPSA) is 58.4 Å². The van der Waals surface area contributed by atoms with Gasteiger partial charge in [0.25, 0.3) is 5.69 Å².